The third-order valence-corrected chi connectivity index (χ3v) is 7.36. The zero-order valence-electron chi connectivity index (χ0n) is 21.8. The Morgan fingerprint density at radius 1 is 0.590 bits per heavy atom. The standard InChI is InChI=1S/C34H27N5/c1-37(2)33(23-13-5-3-6-14-23)36-34(35)39-30-20-12-10-18-26(30)28-22-21-27-25-17-9-11-19-29(25)38(31(27)32(28)39)24-15-7-4-8-16-24/h3-22,35H,1-2H3/b35-34?,36-33-. The van der Waals surface area contributed by atoms with E-state index in [2.05, 4.69) is 83.4 Å². The van der Waals surface area contributed by atoms with Gasteiger partial charge in [0.1, 0.15) is 5.84 Å². The molecule has 39 heavy (non-hydrogen) atoms. The van der Waals surface area contributed by atoms with Crippen molar-refractivity contribution in [2.75, 3.05) is 14.1 Å². The zero-order chi connectivity index (χ0) is 26.5. The van der Waals surface area contributed by atoms with E-state index in [9.17, 15) is 5.41 Å². The number of para-hydroxylation sites is 3. The van der Waals surface area contributed by atoms with Crippen LogP contribution >= 0.6 is 0 Å². The molecule has 0 bridgehead atoms. The van der Waals surface area contributed by atoms with Crippen LogP contribution in [0.25, 0.3) is 49.3 Å². The van der Waals surface area contributed by atoms with Crippen LogP contribution in [0.3, 0.4) is 0 Å². The van der Waals surface area contributed by atoms with Gasteiger partial charge in [-0.15, -0.1) is 0 Å². The van der Waals surface area contributed by atoms with Crippen molar-refractivity contribution in [3.8, 4) is 5.69 Å². The van der Waals surface area contributed by atoms with Crippen LogP contribution in [0.1, 0.15) is 5.56 Å². The number of aliphatic imine (C=N–C) groups is 1. The fraction of sp³-hybridized carbons (Fsp3) is 0.0588. The summed E-state index contributed by atoms with van der Waals surface area (Å²) in [7, 11) is 3.94. The molecule has 0 radical (unpaired) electrons. The highest BCUT2D eigenvalue weighted by atomic mass is 15.2. The molecular formula is C34H27N5. The van der Waals surface area contributed by atoms with Crippen molar-refractivity contribution in [3.63, 3.8) is 0 Å². The van der Waals surface area contributed by atoms with Gasteiger partial charge in [-0.25, -0.2) is 0 Å². The van der Waals surface area contributed by atoms with E-state index < -0.39 is 0 Å². The molecule has 0 atom stereocenters. The van der Waals surface area contributed by atoms with Crippen molar-refractivity contribution < 1.29 is 0 Å². The number of hydrogen-bond donors (Lipinski definition) is 1. The average molecular weight is 506 g/mol. The zero-order valence-corrected chi connectivity index (χ0v) is 21.8. The van der Waals surface area contributed by atoms with Crippen molar-refractivity contribution >= 4 is 55.4 Å². The predicted octanol–water partition coefficient (Wildman–Crippen LogP) is 7.68. The molecule has 188 valence electrons. The molecule has 5 aromatic carbocycles. The van der Waals surface area contributed by atoms with Gasteiger partial charge >= 0.3 is 0 Å². The van der Waals surface area contributed by atoms with Crippen molar-refractivity contribution in [2.45, 2.75) is 0 Å². The summed E-state index contributed by atoms with van der Waals surface area (Å²) in [4.78, 5) is 6.90. The van der Waals surface area contributed by atoms with Crippen LogP contribution in [-0.2, 0) is 0 Å². The maximum absolute atomic E-state index is 9.41. The van der Waals surface area contributed by atoms with Crippen LogP contribution in [0, 0.1) is 5.41 Å². The van der Waals surface area contributed by atoms with E-state index in [1.165, 1.54) is 5.39 Å². The number of benzene rings is 5. The van der Waals surface area contributed by atoms with Gasteiger partial charge in [0.05, 0.1) is 22.1 Å². The Balaban J connectivity index is 1.64. The first kappa shape index (κ1) is 23.0. The van der Waals surface area contributed by atoms with E-state index in [-0.39, 0.29) is 5.96 Å². The van der Waals surface area contributed by atoms with E-state index in [1.807, 2.05) is 66.0 Å². The molecule has 2 heterocycles. The van der Waals surface area contributed by atoms with Crippen molar-refractivity contribution in [1.82, 2.24) is 14.0 Å². The molecule has 5 nitrogen and oxygen atoms in total. The summed E-state index contributed by atoms with van der Waals surface area (Å²) in [6.07, 6.45) is 0. The lowest BCUT2D eigenvalue weighted by Crippen LogP contribution is -2.25. The Bertz CT molecular complexity index is 2040. The van der Waals surface area contributed by atoms with Gasteiger partial charge < -0.3 is 9.47 Å². The van der Waals surface area contributed by atoms with Crippen LogP contribution < -0.4 is 0 Å². The van der Waals surface area contributed by atoms with Crippen LogP contribution in [0.5, 0.6) is 0 Å². The first-order valence-electron chi connectivity index (χ1n) is 13.0. The Morgan fingerprint density at radius 2 is 1.13 bits per heavy atom. The number of aromatic nitrogens is 2. The van der Waals surface area contributed by atoms with Gasteiger partial charge in [-0.3, -0.25) is 9.98 Å². The molecular weight excluding hydrogens is 478 g/mol. The van der Waals surface area contributed by atoms with Gasteiger partial charge in [0.2, 0.25) is 5.96 Å². The largest absolute Gasteiger partial charge is 0.362 e. The van der Waals surface area contributed by atoms with Gasteiger partial charge in [0.15, 0.2) is 0 Å². The van der Waals surface area contributed by atoms with Crippen LogP contribution in [0.4, 0.5) is 0 Å². The highest BCUT2D eigenvalue weighted by Gasteiger charge is 2.22. The van der Waals surface area contributed by atoms with E-state index in [0.717, 1.165) is 55.3 Å². The maximum Gasteiger partial charge on any atom is 0.229 e. The molecule has 0 saturated carbocycles. The molecule has 0 amide bonds. The molecule has 1 N–H and O–H groups in total. The SMILES string of the molecule is CN(C)/C(=N\C(=N)n1c2ccccc2c2ccc3c4ccccc4n(-c4ccccc4)c3c21)c1ccccc1. The van der Waals surface area contributed by atoms with Gasteiger partial charge in [-0.2, -0.15) is 4.99 Å². The second-order valence-electron chi connectivity index (χ2n) is 9.92. The predicted molar refractivity (Wildman–Crippen MR) is 164 cm³/mol. The summed E-state index contributed by atoms with van der Waals surface area (Å²) in [5.41, 5.74) is 6.20. The molecule has 0 unspecified atom stereocenters. The fourth-order valence-corrected chi connectivity index (χ4v) is 5.73. The molecule has 2 aromatic heterocycles. The third-order valence-electron chi connectivity index (χ3n) is 7.36. The lowest BCUT2D eigenvalue weighted by atomic mass is 10.1. The molecule has 5 heteroatoms. The Kier molecular flexibility index (Phi) is 5.30. The number of nitrogens with one attached hydrogen (secondary N) is 1. The lowest BCUT2D eigenvalue weighted by Gasteiger charge is -2.17. The first-order chi connectivity index (χ1) is 19.1. The molecule has 0 fully saturated rings. The maximum atomic E-state index is 9.41. The van der Waals surface area contributed by atoms with E-state index in [0.29, 0.717) is 0 Å². The topological polar surface area (TPSA) is 49.3 Å². The molecule has 0 saturated heterocycles. The van der Waals surface area contributed by atoms with Crippen LogP contribution in [-0.4, -0.2) is 39.9 Å². The van der Waals surface area contributed by atoms with Gasteiger partial charge in [0, 0.05) is 46.9 Å². The van der Waals surface area contributed by atoms with Crippen LogP contribution in [0.2, 0.25) is 0 Å². The minimum absolute atomic E-state index is 0.172. The highest BCUT2D eigenvalue weighted by Crippen LogP contribution is 2.40. The normalized spacial score (nSPS) is 12.1. The second kappa shape index (κ2) is 8.99. The number of amidine groups is 1. The first-order valence-corrected chi connectivity index (χ1v) is 13.0. The molecule has 7 aromatic rings. The summed E-state index contributed by atoms with van der Waals surface area (Å²) < 4.78 is 4.33. The number of fused-ring (bicyclic) bond motifs is 7. The molecule has 0 aliphatic rings. The van der Waals surface area contributed by atoms with Gasteiger partial charge in [0.25, 0.3) is 0 Å². The van der Waals surface area contributed by atoms with Crippen LogP contribution in [0.15, 0.2) is 126 Å². The van der Waals surface area contributed by atoms with Crippen molar-refractivity contribution in [1.29, 1.82) is 5.41 Å². The second-order valence-corrected chi connectivity index (χ2v) is 9.92. The van der Waals surface area contributed by atoms with E-state index >= 15 is 0 Å². The van der Waals surface area contributed by atoms with Gasteiger partial charge in [-0.1, -0.05) is 97.1 Å². The summed E-state index contributed by atoms with van der Waals surface area (Å²) in [6, 6.07) is 41.8. The monoisotopic (exact) mass is 505 g/mol. The van der Waals surface area contributed by atoms with Crippen molar-refractivity contribution in [3.05, 3.63) is 127 Å². The third kappa shape index (κ3) is 3.55. The Labute approximate surface area is 226 Å². The summed E-state index contributed by atoms with van der Waals surface area (Å²) in [5, 5.41) is 13.9. The highest BCUT2D eigenvalue weighted by molar-refractivity contribution is 6.26. The van der Waals surface area contributed by atoms with Gasteiger partial charge in [-0.05, 0) is 24.3 Å². The molecule has 7 rings (SSSR count). The molecule has 0 aliphatic heterocycles. The number of nitrogens with zero attached hydrogens (tertiary/aromatic N) is 4. The fourth-order valence-electron chi connectivity index (χ4n) is 5.73. The number of rotatable bonds is 2. The minimum atomic E-state index is 0.172. The quantitative estimate of drug-likeness (QED) is 0.190. The molecule has 0 spiro atoms. The summed E-state index contributed by atoms with van der Waals surface area (Å²) in [5.74, 6) is 0.911. The summed E-state index contributed by atoms with van der Waals surface area (Å²) >= 11 is 0. The average Bonchev–Trinajstić information content (AvgIpc) is 3.50. The summed E-state index contributed by atoms with van der Waals surface area (Å²) in [6.45, 7) is 0. The number of hydrogen-bond acceptors (Lipinski definition) is 1. The molecule has 0 aliphatic carbocycles. The van der Waals surface area contributed by atoms with Crippen molar-refractivity contribution in [2.24, 2.45) is 4.99 Å². The van der Waals surface area contributed by atoms with E-state index in [4.69, 9.17) is 4.99 Å². The Morgan fingerprint density at radius 3 is 1.79 bits per heavy atom. The van der Waals surface area contributed by atoms with E-state index in [1.54, 1.807) is 0 Å². The lowest BCUT2D eigenvalue weighted by molar-refractivity contribution is 0.624. The smallest absolute Gasteiger partial charge is 0.229 e. The minimum Gasteiger partial charge on any atom is -0.362 e. The Hall–Kier alpha value is -5.16.